The maximum absolute atomic E-state index is 4.30. The van der Waals surface area contributed by atoms with Gasteiger partial charge in [0.25, 0.3) is 0 Å². The Morgan fingerprint density at radius 3 is 2.87 bits per heavy atom. The Balaban J connectivity index is 2.33. The van der Waals surface area contributed by atoms with Crippen LogP contribution in [0.15, 0.2) is 12.4 Å². The van der Waals surface area contributed by atoms with Gasteiger partial charge < -0.3 is 5.32 Å². The van der Waals surface area contributed by atoms with E-state index in [1.54, 1.807) is 11.3 Å². The molecule has 5 heteroatoms. The number of aryl methyl sites for hydroxylation is 1. The van der Waals surface area contributed by atoms with Gasteiger partial charge in [0.15, 0.2) is 5.13 Å². The Bertz CT molecular complexity index is 458. The molecule has 4 nitrogen and oxygen atoms in total. The van der Waals surface area contributed by atoms with Crippen molar-refractivity contribution in [2.75, 3.05) is 11.9 Å². The van der Waals surface area contributed by atoms with Gasteiger partial charge in [-0.1, -0.05) is 11.3 Å². The van der Waals surface area contributed by atoms with Crippen LogP contribution >= 0.6 is 11.3 Å². The van der Waals surface area contributed by atoms with Gasteiger partial charge in [-0.25, -0.2) is 4.98 Å². The summed E-state index contributed by atoms with van der Waals surface area (Å²) in [6.45, 7) is 5.03. The second-order valence-corrected chi connectivity index (χ2v) is 4.36. The maximum Gasteiger partial charge on any atom is 0.183 e. The van der Waals surface area contributed by atoms with Crippen molar-refractivity contribution in [3.8, 4) is 10.4 Å². The highest BCUT2D eigenvalue weighted by Crippen LogP contribution is 2.30. The van der Waals surface area contributed by atoms with E-state index in [0.717, 1.165) is 16.6 Å². The smallest absolute Gasteiger partial charge is 0.183 e. The van der Waals surface area contributed by atoms with E-state index in [0.29, 0.717) is 0 Å². The minimum absolute atomic E-state index is 0.902. The Morgan fingerprint density at radius 2 is 2.27 bits per heavy atom. The van der Waals surface area contributed by atoms with Crippen molar-refractivity contribution in [1.82, 2.24) is 14.8 Å². The average molecular weight is 222 g/mol. The molecule has 0 aliphatic rings. The van der Waals surface area contributed by atoms with Gasteiger partial charge in [0, 0.05) is 31.0 Å². The summed E-state index contributed by atoms with van der Waals surface area (Å²) >= 11 is 1.66. The topological polar surface area (TPSA) is 42.7 Å². The summed E-state index contributed by atoms with van der Waals surface area (Å²) < 4.78 is 1.88. The number of hydrogen-bond donors (Lipinski definition) is 1. The molecule has 80 valence electrons. The van der Waals surface area contributed by atoms with Crippen LogP contribution in [0.4, 0.5) is 5.13 Å². The highest BCUT2D eigenvalue weighted by molar-refractivity contribution is 7.18. The van der Waals surface area contributed by atoms with E-state index >= 15 is 0 Å². The molecule has 0 spiro atoms. The van der Waals surface area contributed by atoms with Crippen molar-refractivity contribution in [1.29, 1.82) is 0 Å². The zero-order valence-electron chi connectivity index (χ0n) is 9.11. The fourth-order valence-electron chi connectivity index (χ4n) is 1.37. The lowest BCUT2D eigenvalue weighted by Gasteiger charge is -1.96. The maximum atomic E-state index is 4.30. The molecule has 0 saturated heterocycles. The highest BCUT2D eigenvalue weighted by atomic mass is 32.1. The molecule has 0 saturated carbocycles. The number of hydrogen-bond acceptors (Lipinski definition) is 4. The first kappa shape index (κ1) is 10.2. The molecule has 0 unspecified atom stereocenters. The third-order valence-electron chi connectivity index (χ3n) is 2.33. The predicted molar refractivity (Wildman–Crippen MR) is 63.2 cm³/mol. The standard InChI is InChI=1S/C10H14N4S/c1-4-11-10-12-6-9(15-10)8-5-13-14(3)7(8)2/h5-6H,4H2,1-3H3,(H,11,12). The summed E-state index contributed by atoms with van der Waals surface area (Å²) in [6.07, 6.45) is 3.78. The Kier molecular flexibility index (Phi) is 2.73. The zero-order chi connectivity index (χ0) is 10.8. The van der Waals surface area contributed by atoms with E-state index in [2.05, 4.69) is 29.2 Å². The fraction of sp³-hybridized carbons (Fsp3) is 0.400. The summed E-state index contributed by atoms with van der Waals surface area (Å²) in [4.78, 5) is 5.47. The summed E-state index contributed by atoms with van der Waals surface area (Å²) in [5.41, 5.74) is 2.33. The SMILES string of the molecule is CCNc1ncc(-c2cnn(C)c2C)s1. The Labute approximate surface area is 93.0 Å². The van der Waals surface area contributed by atoms with E-state index in [1.165, 1.54) is 11.3 Å². The second-order valence-electron chi connectivity index (χ2n) is 3.33. The van der Waals surface area contributed by atoms with Gasteiger partial charge in [0.05, 0.1) is 11.1 Å². The lowest BCUT2D eigenvalue weighted by molar-refractivity contribution is 0.740. The molecule has 1 N–H and O–H groups in total. The van der Waals surface area contributed by atoms with Gasteiger partial charge in [-0.15, -0.1) is 0 Å². The van der Waals surface area contributed by atoms with E-state index < -0.39 is 0 Å². The van der Waals surface area contributed by atoms with Gasteiger partial charge in [-0.2, -0.15) is 5.10 Å². The molecule has 15 heavy (non-hydrogen) atoms. The number of nitrogens with zero attached hydrogens (tertiary/aromatic N) is 3. The van der Waals surface area contributed by atoms with Crippen LogP contribution in [-0.4, -0.2) is 21.3 Å². The molecule has 2 heterocycles. The molecular formula is C10H14N4S. The number of thiazole rings is 1. The molecule has 0 fully saturated rings. The van der Waals surface area contributed by atoms with Crippen LogP contribution in [0.1, 0.15) is 12.6 Å². The van der Waals surface area contributed by atoms with Crippen LogP contribution in [0.5, 0.6) is 0 Å². The van der Waals surface area contributed by atoms with Crippen LogP contribution in [0, 0.1) is 6.92 Å². The third kappa shape index (κ3) is 1.87. The lowest BCUT2D eigenvalue weighted by atomic mass is 10.2. The van der Waals surface area contributed by atoms with E-state index in [-0.39, 0.29) is 0 Å². The van der Waals surface area contributed by atoms with Crippen LogP contribution in [0.3, 0.4) is 0 Å². The van der Waals surface area contributed by atoms with Gasteiger partial charge >= 0.3 is 0 Å². The van der Waals surface area contributed by atoms with Crippen LogP contribution in [0.2, 0.25) is 0 Å². The zero-order valence-corrected chi connectivity index (χ0v) is 9.93. The number of aromatic nitrogens is 3. The minimum Gasteiger partial charge on any atom is -0.362 e. The van der Waals surface area contributed by atoms with Crippen LogP contribution in [-0.2, 0) is 7.05 Å². The molecule has 2 aromatic rings. The first-order valence-corrected chi connectivity index (χ1v) is 5.72. The average Bonchev–Trinajstić information content (AvgIpc) is 2.77. The normalized spacial score (nSPS) is 10.6. The van der Waals surface area contributed by atoms with Crippen molar-refractivity contribution in [2.45, 2.75) is 13.8 Å². The summed E-state index contributed by atoms with van der Waals surface area (Å²) in [5.74, 6) is 0. The molecule has 0 atom stereocenters. The number of anilines is 1. The molecule has 0 radical (unpaired) electrons. The predicted octanol–water partition coefficient (Wildman–Crippen LogP) is 2.28. The molecular weight excluding hydrogens is 208 g/mol. The molecule has 2 aromatic heterocycles. The Morgan fingerprint density at radius 1 is 1.47 bits per heavy atom. The van der Waals surface area contributed by atoms with Crippen molar-refractivity contribution in [3.63, 3.8) is 0 Å². The van der Waals surface area contributed by atoms with Crippen molar-refractivity contribution in [3.05, 3.63) is 18.1 Å². The van der Waals surface area contributed by atoms with Gasteiger partial charge in [0.2, 0.25) is 0 Å². The minimum atomic E-state index is 0.902. The Hall–Kier alpha value is -1.36. The van der Waals surface area contributed by atoms with Crippen molar-refractivity contribution < 1.29 is 0 Å². The lowest BCUT2D eigenvalue weighted by Crippen LogP contribution is -1.94. The second kappa shape index (κ2) is 4.02. The fourth-order valence-corrected chi connectivity index (χ4v) is 2.32. The summed E-state index contributed by atoms with van der Waals surface area (Å²) in [7, 11) is 1.95. The van der Waals surface area contributed by atoms with Crippen LogP contribution < -0.4 is 5.32 Å². The largest absolute Gasteiger partial charge is 0.362 e. The monoisotopic (exact) mass is 222 g/mol. The molecule has 0 aromatic carbocycles. The van der Waals surface area contributed by atoms with Gasteiger partial charge in [-0.3, -0.25) is 4.68 Å². The molecule has 0 amide bonds. The first-order chi connectivity index (χ1) is 7.22. The quantitative estimate of drug-likeness (QED) is 0.866. The van der Waals surface area contributed by atoms with E-state index in [4.69, 9.17) is 0 Å². The van der Waals surface area contributed by atoms with Crippen molar-refractivity contribution in [2.24, 2.45) is 7.05 Å². The highest BCUT2D eigenvalue weighted by Gasteiger charge is 2.09. The van der Waals surface area contributed by atoms with E-state index in [1.807, 2.05) is 24.1 Å². The number of rotatable bonds is 3. The molecule has 0 aliphatic heterocycles. The van der Waals surface area contributed by atoms with Gasteiger partial charge in [-0.05, 0) is 13.8 Å². The molecule has 2 rings (SSSR count). The molecule has 0 bridgehead atoms. The van der Waals surface area contributed by atoms with Crippen molar-refractivity contribution >= 4 is 16.5 Å². The summed E-state index contributed by atoms with van der Waals surface area (Å²) in [6, 6.07) is 0. The third-order valence-corrected chi connectivity index (χ3v) is 3.32. The number of nitrogens with one attached hydrogen (secondary N) is 1. The summed E-state index contributed by atoms with van der Waals surface area (Å²) in [5, 5.41) is 8.40. The van der Waals surface area contributed by atoms with Crippen LogP contribution in [0.25, 0.3) is 10.4 Å². The van der Waals surface area contributed by atoms with E-state index in [9.17, 15) is 0 Å². The molecule has 0 aliphatic carbocycles. The first-order valence-electron chi connectivity index (χ1n) is 4.91. The van der Waals surface area contributed by atoms with Gasteiger partial charge in [0.1, 0.15) is 0 Å².